The second kappa shape index (κ2) is 6.01. The van der Waals surface area contributed by atoms with Crippen LogP contribution < -0.4 is 0 Å². The molecular weight excluding hydrogens is 278 g/mol. The third-order valence-electron chi connectivity index (χ3n) is 4.89. The van der Waals surface area contributed by atoms with Crippen LogP contribution in [0, 0.1) is 0 Å². The van der Waals surface area contributed by atoms with Crippen molar-refractivity contribution < 1.29 is 9.32 Å². The van der Waals surface area contributed by atoms with E-state index in [-0.39, 0.29) is 17.2 Å². The van der Waals surface area contributed by atoms with Gasteiger partial charge in [0.25, 0.3) is 0 Å². The number of nitrogens with zero attached hydrogens (tertiary/aromatic N) is 3. The molecule has 2 heterocycles. The highest BCUT2D eigenvalue weighted by atomic mass is 16.5. The van der Waals surface area contributed by atoms with Crippen molar-refractivity contribution in [2.75, 3.05) is 6.54 Å². The lowest BCUT2D eigenvalue weighted by Crippen LogP contribution is -2.36. The summed E-state index contributed by atoms with van der Waals surface area (Å²) in [5, 5.41) is 4.09. The lowest BCUT2D eigenvalue weighted by molar-refractivity contribution is -0.129. The van der Waals surface area contributed by atoms with Gasteiger partial charge in [-0.3, -0.25) is 4.79 Å². The van der Waals surface area contributed by atoms with E-state index in [9.17, 15) is 4.79 Å². The van der Waals surface area contributed by atoms with E-state index in [0.29, 0.717) is 18.4 Å². The first kappa shape index (κ1) is 15.5. The number of rotatable bonds is 2. The number of carbonyl (C=O) groups is 1. The van der Waals surface area contributed by atoms with Crippen molar-refractivity contribution in [2.24, 2.45) is 0 Å². The Morgan fingerprint density at radius 1 is 1.14 bits per heavy atom. The summed E-state index contributed by atoms with van der Waals surface area (Å²) in [7, 11) is 0. The number of likely N-dealkylation sites (tertiary alicyclic amines) is 1. The first-order valence-electron chi connectivity index (χ1n) is 8.58. The minimum Gasteiger partial charge on any atom is -0.339 e. The van der Waals surface area contributed by atoms with Crippen LogP contribution in [0.25, 0.3) is 0 Å². The molecule has 22 heavy (non-hydrogen) atoms. The van der Waals surface area contributed by atoms with E-state index < -0.39 is 0 Å². The molecule has 122 valence electrons. The molecule has 0 bridgehead atoms. The number of carbonyl (C=O) groups excluding carboxylic acids is 1. The normalized spacial score (nSPS) is 24.8. The van der Waals surface area contributed by atoms with Crippen molar-refractivity contribution in [3.05, 3.63) is 11.7 Å². The average Bonchev–Trinajstić information content (AvgIpc) is 2.99. The van der Waals surface area contributed by atoms with Gasteiger partial charge in [-0.2, -0.15) is 4.98 Å². The summed E-state index contributed by atoms with van der Waals surface area (Å²) in [6, 6.07) is 0.421. The Bertz CT molecular complexity index is 524. The fraction of sp³-hybridized carbons (Fsp3) is 0.824. The van der Waals surface area contributed by atoms with Crippen LogP contribution in [0.2, 0.25) is 0 Å². The van der Waals surface area contributed by atoms with Crippen molar-refractivity contribution >= 4 is 5.91 Å². The molecule has 2 fully saturated rings. The van der Waals surface area contributed by atoms with Gasteiger partial charge in [0.2, 0.25) is 11.8 Å². The van der Waals surface area contributed by atoms with Gasteiger partial charge in [0.1, 0.15) is 0 Å². The molecule has 1 amide bonds. The smallest absolute Gasteiger partial charge is 0.232 e. The molecule has 0 aromatic carbocycles. The maximum Gasteiger partial charge on any atom is 0.232 e. The third kappa shape index (κ3) is 3.18. The van der Waals surface area contributed by atoms with E-state index in [1.54, 1.807) is 0 Å². The molecule has 1 aromatic heterocycles. The fourth-order valence-electron chi connectivity index (χ4n) is 3.53. The summed E-state index contributed by atoms with van der Waals surface area (Å²) in [5.41, 5.74) is -0.120. The number of hydrogen-bond donors (Lipinski definition) is 0. The Morgan fingerprint density at radius 2 is 1.82 bits per heavy atom. The number of hydrogen-bond acceptors (Lipinski definition) is 4. The predicted molar refractivity (Wildman–Crippen MR) is 83.6 cm³/mol. The highest BCUT2D eigenvalue weighted by Gasteiger charge is 2.38. The molecule has 1 saturated carbocycles. The second-order valence-electron chi connectivity index (χ2n) is 7.80. The van der Waals surface area contributed by atoms with E-state index in [0.717, 1.165) is 25.2 Å². The topological polar surface area (TPSA) is 59.2 Å². The zero-order valence-electron chi connectivity index (χ0n) is 14.0. The molecule has 0 spiro atoms. The van der Waals surface area contributed by atoms with Crippen molar-refractivity contribution in [3.8, 4) is 0 Å². The summed E-state index contributed by atoms with van der Waals surface area (Å²) >= 11 is 0. The van der Waals surface area contributed by atoms with Crippen LogP contribution in [0.5, 0.6) is 0 Å². The minimum absolute atomic E-state index is 0.0688. The van der Waals surface area contributed by atoms with Gasteiger partial charge < -0.3 is 9.42 Å². The molecule has 5 heteroatoms. The molecule has 5 nitrogen and oxygen atoms in total. The molecule has 1 atom stereocenters. The summed E-state index contributed by atoms with van der Waals surface area (Å²) in [6.07, 6.45) is 7.91. The van der Waals surface area contributed by atoms with Gasteiger partial charge in [0.05, 0.1) is 5.92 Å². The summed E-state index contributed by atoms with van der Waals surface area (Å²) in [6.45, 7) is 6.95. The molecule has 2 aliphatic rings. The lowest BCUT2D eigenvalue weighted by Gasteiger charge is -2.26. The largest absolute Gasteiger partial charge is 0.339 e. The van der Waals surface area contributed by atoms with Crippen LogP contribution in [0.3, 0.4) is 0 Å². The quantitative estimate of drug-likeness (QED) is 0.786. The van der Waals surface area contributed by atoms with Crippen molar-refractivity contribution in [3.63, 3.8) is 0 Å². The van der Waals surface area contributed by atoms with E-state index >= 15 is 0 Å². The maximum absolute atomic E-state index is 12.4. The molecule has 0 N–H and O–H groups in total. The first-order valence-corrected chi connectivity index (χ1v) is 8.58. The lowest BCUT2D eigenvalue weighted by atomic mass is 9.96. The van der Waals surface area contributed by atoms with Crippen LogP contribution >= 0.6 is 0 Å². The molecule has 0 unspecified atom stereocenters. The van der Waals surface area contributed by atoms with E-state index in [4.69, 9.17) is 4.52 Å². The fourth-order valence-corrected chi connectivity index (χ4v) is 3.53. The Balaban J connectivity index is 1.70. The SMILES string of the molecule is CC(C)(C)c1noc([C@H]2CC(=O)N(C3CCCCCC3)C2)n1. The Morgan fingerprint density at radius 3 is 2.41 bits per heavy atom. The zero-order valence-corrected chi connectivity index (χ0v) is 14.0. The molecular formula is C17H27N3O2. The summed E-state index contributed by atoms with van der Waals surface area (Å²) < 4.78 is 5.44. The zero-order chi connectivity index (χ0) is 15.7. The average molecular weight is 305 g/mol. The van der Waals surface area contributed by atoms with E-state index in [1.165, 1.54) is 25.7 Å². The Kier molecular flexibility index (Phi) is 4.24. The molecule has 1 saturated heterocycles. The molecule has 1 aliphatic heterocycles. The van der Waals surface area contributed by atoms with Gasteiger partial charge in [-0.1, -0.05) is 51.6 Å². The number of amides is 1. The highest BCUT2D eigenvalue weighted by molar-refractivity contribution is 5.79. The van der Waals surface area contributed by atoms with Crippen LogP contribution in [-0.4, -0.2) is 33.5 Å². The van der Waals surface area contributed by atoms with Gasteiger partial charge in [-0.05, 0) is 12.8 Å². The van der Waals surface area contributed by atoms with Crippen LogP contribution in [0.1, 0.15) is 83.3 Å². The summed E-state index contributed by atoms with van der Waals surface area (Å²) in [5.74, 6) is 1.68. The molecule has 1 aliphatic carbocycles. The minimum atomic E-state index is -0.120. The van der Waals surface area contributed by atoms with Crippen molar-refractivity contribution in [1.29, 1.82) is 0 Å². The monoisotopic (exact) mass is 305 g/mol. The van der Waals surface area contributed by atoms with Crippen LogP contribution in [0.4, 0.5) is 0 Å². The molecule has 0 radical (unpaired) electrons. The van der Waals surface area contributed by atoms with Gasteiger partial charge >= 0.3 is 0 Å². The van der Waals surface area contributed by atoms with Gasteiger partial charge in [-0.15, -0.1) is 0 Å². The van der Waals surface area contributed by atoms with E-state index in [2.05, 4.69) is 35.8 Å². The maximum atomic E-state index is 12.4. The van der Waals surface area contributed by atoms with Gasteiger partial charge in [-0.25, -0.2) is 0 Å². The molecule has 3 rings (SSSR count). The van der Waals surface area contributed by atoms with Crippen molar-refractivity contribution in [2.45, 2.75) is 83.1 Å². The Hall–Kier alpha value is -1.39. The first-order chi connectivity index (χ1) is 10.4. The number of aromatic nitrogens is 2. The van der Waals surface area contributed by atoms with Crippen LogP contribution in [-0.2, 0) is 10.2 Å². The van der Waals surface area contributed by atoms with Gasteiger partial charge in [0.15, 0.2) is 5.82 Å². The molecule has 1 aromatic rings. The van der Waals surface area contributed by atoms with E-state index in [1.807, 2.05) is 0 Å². The van der Waals surface area contributed by atoms with Crippen LogP contribution in [0.15, 0.2) is 4.52 Å². The highest BCUT2D eigenvalue weighted by Crippen LogP contribution is 2.33. The standard InChI is InChI=1S/C17H27N3O2/c1-17(2,3)16-18-15(22-19-16)12-10-14(21)20(11-12)13-8-6-4-5-7-9-13/h12-13H,4-11H2,1-3H3/t12-/m0/s1. The third-order valence-corrected chi connectivity index (χ3v) is 4.89. The van der Waals surface area contributed by atoms with Gasteiger partial charge in [0, 0.05) is 24.4 Å². The predicted octanol–water partition coefficient (Wildman–Crippen LogP) is 3.41. The summed E-state index contributed by atoms with van der Waals surface area (Å²) in [4.78, 5) is 19.0. The van der Waals surface area contributed by atoms with Crippen molar-refractivity contribution in [1.82, 2.24) is 15.0 Å². The Labute approximate surface area is 132 Å². The second-order valence-corrected chi connectivity index (χ2v) is 7.80.